The molecular formula is C15H14BrNO2. The molecule has 0 aliphatic rings. The highest BCUT2D eigenvalue weighted by molar-refractivity contribution is 9.10. The number of carbonyl (C=O) groups excluding carboxylic acids is 1. The number of esters is 1. The van der Waals surface area contributed by atoms with Crippen molar-refractivity contribution in [1.29, 1.82) is 0 Å². The fourth-order valence-corrected chi connectivity index (χ4v) is 1.91. The third kappa shape index (κ3) is 4.10. The fourth-order valence-electron chi connectivity index (χ4n) is 1.65. The van der Waals surface area contributed by atoms with Crippen LogP contribution in [0.3, 0.4) is 0 Å². The minimum absolute atomic E-state index is 0.198. The Morgan fingerprint density at radius 1 is 1.11 bits per heavy atom. The van der Waals surface area contributed by atoms with Gasteiger partial charge in [-0.05, 0) is 29.3 Å². The molecule has 0 saturated carbocycles. The van der Waals surface area contributed by atoms with E-state index in [1.807, 2.05) is 42.5 Å². The van der Waals surface area contributed by atoms with Crippen LogP contribution in [0.1, 0.15) is 11.1 Å². The second kappa shape index (κ2) is 6.38. The van der Waals surface area contributed by atoms with Crippen LogP contribution in [0, 0.1) is 0 Å². The first-order valence-electron chi connectivity index (χ1n) is 5.88. The average molecular weight is 320 g/mol. The minimum atomic E-state index is -0.277. The molecule has 0 amide bonds. The van der Waals surface area contributed by atoms with E-state index in [-0.39, 0.29) is 19.0 Å². The molecule has 0 bridgehead atoms. The van der Waals surface area contributed by atoms with Crippen molar-refractivity contribution in [1.82, 2.24) is 0 Å². The molecule has 2 N–H and O–H groups in total. The number of benzene rings is 2. The van der Waals surface area contributed by atoms with Crippen molar-refractivity contribution in [3.05, 3.63) is 64.1 Å². The number of nitrogens with two attached hydrogens (primary N) is 1. The average Bonchev–Trinajstić information content (AvgIpc) is 2.41. The monoisotopic (exact) mass is 319 g/mol. The smallest absolute Gasteiger partial charge is 0.310 e. The Bertz CT molecular complexity index is 567. The van der Waals surface area contributed by atoms with Crippen LogP contribution in [-0.2, 0) is 22.6 Å². The van der Waals surface area contributed by atoms with Gasteiger partial charge in [-0.25, -0.2) is 0 Å². The van der Waals surface area contributed by atoms with Gasteiger partial charge in [0.15, 0.2) is 0 Å². The molecule has 3 nitrogen and oxygen atoms in total. The van der Waals surface area contributed by atoms with E-state index in [0.29, 0.717) is 5.69 Å². The van der Waals surface area contributed by atoms with Gasteiger partial charge < -0.3 is 10.5 Å². The quantitative estimate of drug-likeness (QED) is 0.694. The van der Waals surface area contributed by atoms with Crippen LogP contribution in [0.4, 0.5) is 5.69 Å². The van der Waals surface area contributed by atoms with Gasteiger partial charge in [0, 0.05) is 10.2 Å². The standard InChI is InChI=1S/C15H14BrNO2/c16-13-7-5-11(6-8-13)10-19-15(18)9-12-3-1-2-4-14(12)17/h1-8H,9-10,17H2. The summed E-state index contributed by atoms with van der Waals surface area (Å²) in [6.45, 7) is 0.277. The molecule has 2 aromatic carbocycles. The highest BCUT2D eigenvalue weighted by Gasteiger charge is 2.07. The van der Waals surface area contributed by atoms with Gasteiger partial charge in [0.05, 0.1) is 6.42 Å². The van der Waals surface area contributed by atoms with E-state index in [9.17, 15) is 4.79 Å². The number of carbonyl (C=O) groups is 1. The number of hydrogen-bond acceptors (Lipinski definition) is 3. The molecule has 0 aliphatic heterocycles. The van der Waals surface area contributed by atoms with E-state index < -0.39 is 0 Å². The molecule has 2 rings (SSSR count). The van der Waals surface area contributed by atoms with Gasteiger partial charge in [-0.1, -0.05) is 46.3 Å². The largest absolute Gasteiger partial charge is 0.461 e. The Kier molecular flexibility index (Phi) is 4.58. The highest BCUT2D eigenvalue weighted by Crippen LogP contribution is 2.13. The highest BCUT2D eigenvalue weighted by atomic mass is 79.9. The molecule has 19 heavy (non-hydrogen) atoms. The van der Waals surface area contributed by atoms with Crippen LogP contribution >= 0.6 is 15.9 Å². The normalized spacial score (nSPS) is 10.2. The second-order valence-corrected chi connectivity index (χ2v) is 5.08. The maximum absolute atomic E-state index is 11.7. The SMILES string of the molecule is Nc1ccccc1CC(=O)OCc1ccc(Br)cc1. The third-order valence-electron chi connectivity index (χ3n) is 2.70. The molecule has 98 valence electrons. The molecule has 0 aromatic heterocycles. The zero-order valence-electron chi connectivity index (χ0n) is 10.3. The third-order valence-corrected chi connectivity index (χ3v) is 3.23. The Hall–Kier alpha value is -1.81. The van der Waals surface area contributed by atoms with Crippen molar-refractivity contribution in [2.45, 2.75) is 13.0 Å². The zero-order valence-corrected chi connectivity index (χ0v) is 11.9. The van der Waals surface area contributed by atoms with Crippen molar-refractivity contribution in [3.63, 3.8) is 0 Å². The number of anilines is 1. The van der Waals surface area contributed by atoms with Crippen molar-refractivity contribution in [2.24, 2.45) is 0 Å². The summed E-state index contributed by atoms with van der Waals surface area (Å²) in [7, 11) is 0. The van der Waals surface area contributed by atoms with Crippen LogP contribution in [0.2, 0.25) is 0 Å². The summed E-state index contributed by atoms with van der Waals surface area (Å²) in [5, 5.41) is 0. The molecule has 0 atom stereocenters. The zero-order chi connectivity index (χ0) is 13.7. The summed E-state index contributed by atoms with van der Waals surface area (Å²) in [6.07, 6.45) is 0.198. The van der Waals surface area contributed by atoms with Crippen LogP contribution in [0.15, 0.2) is 53.0 Å². The summed E-state index contributed by atoms with van der Waals surface area (Å²) in [5.74, 6) is -0.277. The van der Waals surface area contributed by atoms with Crippen LogP contribution < -0.4 is 5.73 Å². The molecule has 0 fully saturated rings. The number of hydrogen-bond donors (Lipinski definition) is 1. The second-order valence-electron chi connectivity index (χ2n) is 4.16. The lowest BCUT2D eigenvalue weighted by atomic mass is 10.1. The lowest BCUT2D eigenvalue weighted by Gasteiger charge is -2.07. The lowest BCUT2D eigenvalue weighted by Crippen LogP contribution is -2.09. The molecule has 4 heteroatoms. The first-order valence-corrected chi connectivity index (χ1v) is 6.68. The summed E-state index contributed by atoms with van der Waals surface area (Å²) in [4.78, 5) is 11.7. The predicted octanol–water partition coefficient (Wildman–Crippen LogP) is 3.32. The Morgan fingerprint density at radius 3 is 2.47 bits per heavy atom. The van der Waals surface area contributed by atoms with Gasteiger partial charge in [-0.2, -0.15) is 0 Å². The van der Waals surface area contributed by atoms with Crippen molar-refractivity contribution >= 4 is 27.6 Å². The Morgan fingerprint density at radius 2 is 1.79 bits per heavy atom. The maximum atomic E-state index is 11.7. The van der Waals surface area contributed by atoms with Crippen molar-refractivity contribution in [3.8, 4) is 0 Å². The molecular weight excluding hydrogens is 306 g/mol. The van der Waals surface area contributed by atoms with Crippen LogP contribution in [0.25, 0.3) is 0 Å². The van der Waals surface area contributed by atoms with Crippen LogP contribution in [0.5, 0.6) is 0 Å². The number of para-hydroxylation sites is 1. The molecule has 0 unspecified atom stereocenters. The van der Waals surface area contributed by atoms with Crippen molar-refractivity contribution < 1.29 is 9.53 Å². The molecule has 0 aliphatic carbocycles. The maximum Gasteiger partial charge on any atom is 0.310 e. The topological polar surface area (TPSA) is 52.3 Å². The van der Waals surface area contributed by atoms with E-state index in [1.54, 1.807) is 6.07 Å². The van der Waals surface area contributed by atoms with E-state index >= 15 is 0 Å². The van der Waals surface area contributed by atoms with Gasteiger partial charge in [0.25, 0.3) is 0 Å². The first-order chi connectivity index (χ1) is 9.15. The predicted molar refractivity (Wildman–Crippen MR) is 78.5 cm³/mol. The van der Waals surface area contributed by atoms with E-state index in [2.05, 4.69) is 15.9 Å². The number of halogens is 1. The number of nitrogen functional groups attached to an aromatic ring is 1. The summed E-state index contributed by atoms with van der Waals surface area (Å²) in [5.41, 5.74) is 8.14. The van der Waals surface area contributed by atoms with Crippen LogP contribution in [-0.4, -0.2) is 5.97 Å². The van der Waals surface area contributed by atoms with Gasteiger partial charge in [0.2, 0.25) is 0 Å². The van der Waals surface area contributed by atoms with Gasteiger partial charge in [-0.3, -0.25) is 4.79 Å². The number of rotatable bonds is 4. The molecule has 0 spiro atoms. The molecule has 2 aromatic rings. The summed E-state index contributed by atoms with van der Waals surface area (Å²) >= 11 is 3.36. The first kappa shape index (κ1) is 13.6. The Labute approximate surface area is 120 Å². The minimum Gasteiger partial charge on any atom is -0.461 e. The fraction of sp³-hybridized carbons (Fsp3) is 0.133. The van der Waals surface area contributed by atoms with E-state index in [0.717, 1.165) is 15.6 Å². The van der Waals surface area contributed by atoms with E-state index in [4.69, 9.17) is 10.5 Å². The molecule has 0 heterocycles. The van der Waals surface area contributed by atoms with Gasteiger partial charge in [0.1, 0.15) is 6.61 Å². The lowest BCUT2D eigenvalue weighted by molar-refractivity contribution is -0.144. The van der Waals surface area contributed by atoms with Crippen molar-refractivity contribution in [2.75, 3.05) is 5.73 Å². The summed E-state index contributed by atoms with van der Waals surface area (Å²) in [6, 6.07) is 15.0. The summed E-state index contributed by atoms with van der Waals surface area (Å²) < 4.78 is 6.22. The van der Waals surface area contributed by atoms with Gasteiger partial charge >= 0.3 is 5.97 Å². The van der Waals surface area contributed by atoms with E-state index in [1.165, 1.54) is 0 Å². The Balaban J connectivity index is 1.88. The molecule has 0 saturated heterocycles. The molecule has 0 radical (unpaired) electrons. The van der Waals surface area contributed by atoms with Gasteiger partial charge in [-0.15, -0.1) is 0 Å². The number of ether oxygens (including phenoxy) is 1.